The largest absolute Gasteiger partial charge is 0.490 e. The van der Waals surface area contributed by atoms with Gasteiger partial charge in [0.15, 0.2) is 11.6 Å². The van der Waals surface area contributed by atoms with Crippen LogP contribution in [0.5, 0.6) is 5.75 Å². The zero-order valence-electron chi connectivity index (χ0n) is 15.2. The number of fused-ring (bicyclic) bond motifs is 3. The van der Waals surface area contributed by atoms with Crippen molar-refractivity contribution in [1.29, 1.82) is 0 Å². The van der Waals surface area contributed by atoms with Gasteiger partial charge in [0, 0.05) is 21.9 Å². The molecule has 2 aliphatic rings. The summed E-state index contributed by atoms with van der Waals surface area (Å²) in [5.74, 6) is -1.02. The summed E-state index contributed by atoms with van der Waals surface area (Å²) in [5, 5.41) is 11.0. The van der Waals surface area contributed by atoms with Gasteiger partial charge in [0.1, 0.15) is 5.82 Å². The van der Waals surface area contributed by atoms with Crippen LogP contribution in [-0.4, -0.2) is 17.8 Å². The van der Waals surface area contributed by atoms with Gasteiger partial charge in [-0.25, -0.2) is 8.78 Å². The van der Waals surface area contributed by atoms with E-state index in [1.807, 2.05) is 24.3 Å². The molecule has 1 saturated carbocycles. The number of rotatable bonds is 3. The third kappa shape index (κ3) is 3.13. The van der Waals surface area contributed by atoms with Crippen molar-refractivity contribution in [3.05, 3.63) is 64.2 Å². The minimum atomic E-state index is -0.604. The molecule has 0 saturated heterocycles. The lowest BCUT2D eigenvalue weighted by Gasteiger charge is -2.52. The standard InChI is InChI=1S/C22H23ClF2O2/c1-13(26)16-3-2-10-22(11-14-4-6-15(23)7-5-14)17(16)12-27-21-19(25)9-8-18(24)20(21)22/h4-9,13,16-17,26H,2-3,10-12H2,1H3/t13-,16-,17?,22-/m0/s1. The molecular weight excluding hydrogens is 370 g/mol. The summed E-state index contributed by atoms with van der Waals surface area (Å²) in [7, 11) is 0. The molecule has 0 aromatic heterocycles. The molecule has 1 aliphatic heterocycles. The third-order valence-electron chi connectivity index (χ3n) is 6.40. The molecule has 0 spiro atoms. The van der Waals surface area contributed by atoms with Crippen LogP contribution in [0.3, 0.4) is 0 Å². The van der Waals surface area contributed by atoms with E-state index in [4.69, 9.17) is 16.3 Å². The Bertz CT molecular complexity index is 837. The van der Waals surface area contributed by atoms with Gasteiger partial charge in [-0.1, -0.05) is 30.2 Å². The zero-order valence-corrected chi connectivity index (χ0v) is 16.0. The summed E-state index contributed by atoms with van der Waals surface area (Å²) in [5.41, 5.74) is 0.749. The number of hydrogen-bond donors (Lipinski definition) is 1. The lowest BCUT2D eigenvalue weighted by Crippen LogP contribution is -2.53. The van der Waals surface area contributed by atoms with E-state index in [1.165, 1.54) is 6.07 Å². The molecule has 2 nitrogen and oxygen atoms in total. The second kappa shape index (κ2) is 7.06. The van der Waals surface area contributed by atoms with Crippen LogP contribution < -0.4 is 4.74 Å². The molecule has 1 aliphatic carbocycles. The van der Waals surface area contributed by atoms with E-state index in [0.29, 0.717) is 17.0 Å². The van der Waals surface area contributed by atoms with Gasteiger partial charge in [-0.2, -0.15) is 0 Å². The average molecular weight is 393 g/mol. The van der Waals surface area contributed by atoms with Crippen molar-refractivity contribution in [1.82, 2.24) is 0 Å². The Morgan fingerprint density at radius 1 is 1.19 bits per heavy atom. The van der Waals surface area contributed by atoms with Crippen molar-refractivity contribution >= 4 is 11.6 Å². The molecule has 1 heterocycles. The van der Waals surface area contributed by atoms with Crippen LogP contribution in [0.2, 0.25) is 5.02 Å². The Hall–Kier alpha value is -1.65. The SMILES string of the molecule is C[C@H](O)[C@@H]1CCC[C@@]2(Cc3ccc(Cl)cc3)c3c(F)ccc(F)c3OCC12. The predicted octanol–water partition coefficient (Wildman–Crippen LogP) is 5.29. The minimum absolute atomic E-state index is 0.0122. The van der Waals surface area contributed by atoms with Crippen molar-refractivity contribution in [2.24, 2.45) is 11.8 Å². The number of hydrogen-bond acceptors (Lipinski definition) is 2. The average Bonchev–Trinajstić information content (AvgIpc) is 2.65. The highest BCUT2D eigenvalue weighted by molar-refractivity contribution is 6.30. The van der Waals surface area contributed by atoms with Gasteiger partial charge >= 0.3 is 0 Å². The maximum atomic E-state index is 15.0. The monoisotopic (exact) mass is 392 g/mol. The Kier molecular flexibility index (Phi) is 4.89. The highest BCUT2D eigenvalue weighted by Crippen LogP contribution is 2.55. The van der Waals surface area contributed by atoms with Gasteiger partial charge in [0.2, 0.25) is 0 Å². The molecule has 5 heteroatoms. The van der Waals surface area contributed by atoms with Crippen LogP contribution in [0.15, 0.2) is 36.4 Å². The van der Waals surface area contributed by atoms with Crippen molar-refractivity contribution < 1.29 is 18.6 Å². The fourth-order valence-corrected chi connectivity index (χ4v) is 5.33. The molecule has 4 atom stereocenters. The first-order valence-corrected chi connectivity index (χ1v) is 9.84. The van der Waals surface area contributed by atoms with E-state index >= 15 is 4.39 Å². The number of halogens is 3. The summed E-state index contributed by atoms with van der Waals surface area (Å²) < 4.78 is 35.2. The predicted molar refractivity (Wildman–Crippen MR) is 101 cm³/mol. The molecule has 0 bridgehead atoms. The van der Waals surface area contributed by atoms with Crippen LogP contribution in [0.1, 0.15) is 37.3 Å². The van der Waals surface area contributed by atoms with E-state index < -0.39 is 23.2 Å². The highest BCUT2D eigenvalue weighted by atomic mass is 35.5. The lowest BCUT2D eigenvalue weighted by molar-refractivity contribution is -0.0234. The molecule has 2 aromatic carbocycles. The van der Waals surface area contributed by atoms with Gasteiger partial charge in [-0.15, -0.1) is 0 Å². The summed E-state index contributed by atoms with van der Waals surface area (Å²) >= 11 is 6.02. The topological polar surface area (TPSA) is 29.5 Å². The van der Waals surface area contributed by atoms with E-state index in [2.05, 4.69) is 0 Å². The Balaban J connectivity index is 1.88. The first kappa shape index (κ1) is 18.7. The molecule has 1 N–H and O–H groups in total. The molecule has 27 heavy (non-hydrogen) atoms. The fraction of sp³-hybridized carbons (Fsp3) is 0.455. The van der Waals surface area contributed by atoms with Crippen molar-refractivity contribution in [2.75, 3.05) is 6.61 Å². The molecule has 0 amide bonds. The van der Waals surface area contributed by atoms with Gasteiger partial charge in [0.05, 0.1) is 12.7 Å². The van der Waals surface area contributed by atoms with Gasteiger partial charge < -0.3 is 9.84 Å². The molecule has 1 fully saturated rings. The van der Waals surface area contributed by atoms with Crippen LogP contribution in [-0.2, 0) is 11.8 Å². The van der Waals surface area contributed by atoms with Gasteiger partial charge in [0.25, 0.3) is 0 Å². The Morgan fingerprint density at radius 2 is 1.89 bits per heavy atom. The highest BCUT2D eigenvalue weighted by Gasteiger charge is 2.53. The summed E-state index contributed by atoms with van der Waals surface area (Å²) in [6, 6.07) is 9.83. The summed E-state index contributed by atoms with van der Waals surface area (Å²) in [6.07, 6.45) is 2.49. The number of aliphatic hydroxyl groups is 1. The number of aliphatic hydroxyl groups excluding tert-OH is 1. The van der Waals surface area contributed by atoms with Crippen LogP contribution >= 0.6 is 11.6 Å². The van der Waals surface area contributed by atoms with Crippen LogP contribution in [0, 0.1) is 23.5 Å². The first-order chi connectivity index (χ1) is 12.9. The Morgan fingerprint density at radius 3 is 2.59 bits per heavy atom. The molecule has 0 radical (unpaired) electrons. The quantitative estimate of drug-likeness (QED) is 0.769. The molecular formula is C22H23ClF2O2. The van der Waals surface area contributed by atoms with E-state index in [9.17, 15) is 9.50 Å². The van der Waals surface area contributed by atoms with Crippen molar-refractivity contribution in [3.8, 4) is 5.75 Å². The summed E-state index contributed by atoms with van der Waals surface area (Å²) in [6.45, 7) is 2.07. The smallest absolute Gasteiger partial charge is 0.165 e. The minimum Gasteiger partial charge on any atom is -0.490 e. The van der Waals surface area contributed by atoms with E-state index in [0.717, 1.165) is 30.9 Å². The van der Waals surface area contributed by atoms with Crippen LogP contribution in [0.4, 0.5) is 8.78 Å². The van der Waals surface area contributed by atoms with E-state index in [-0.39, 0.29) is 24.2 Å². The lowest BCUT2D eigenvalue weighted by atomic mass is 9.54. The first-order valence-electron chi connectivity index (χ1n) is 9.46. The fourth-order valence-electron chi connectivity index (χ4n) is 5.21. The normalized spacial score (nSPS) is 28.0. The van der Waals surface area contributed by atoms with Gasteiger partial charge in [-0.05, 0) is 61.9 Å². The maximum Gasteiger partial charge on any atom is 0.165 e. The summed E-state index contributed by atoms with van der Waals surface area (Å²) in [4.78, 5) is 0. The van der Waals surface area contributed by atoms with Crippen molar-refractivity contribution in [2.45, 2.75) is 44.1 Å². The van der Waals surface area contributed by atoms with E-state index in [1.54, 1.807) is 6.92 Å². The van der Waals surface area contributed by atoms with Crippen molar-refractivity contribution in [3.63, 3.8) is 0 Å². The molecule has 144 valence electrons. The molecule has 4 rings (SSSR count). The molecule has 1 unspecified atom stereocenters. The maximum absolute atomic E-state index is 15.0. The number of ether oxygens (including phenoxy) is 1. The molecule has 2 aromatic rings. The number of benzene rings is 2. The second-order valence-electron chi connectivity index (χ2n) is 7.91. The second-order valence-corrected chi connectivity index (χ2v) is 8.34. The van der Waals surface area contributed by atoms with Gasteiger partial charge in [-0.3, -0.25) is 0 Å². The van der Waals surface area contributed by atoms with Crippen LogP contribution in [0.25, 0.3) is 0 Å². The Labute approximate surface area is 163 Å². The zero-order chi connectivity index (χ0) is 19.2. The third-order valence-corrected chi connectivity index (χ3v) is 6.66.